The standard InChI is InChI=1S/C18H18O3/c19-17(20)18(11-10-14-6-2-1-3-7-14)12-13-21-16-9-5-4-8-15(16)18/h1-9H,10-13H2,(H,19,20). The lowest BCUT2D eigenvalue weighted by Crippen LogP contribution is -2.41. The lowest BCUT2D eigenvalue weighted by molar-refractivity contribution is -0.145. The maximum Gasteiger partial charge on any atom is 0.314 e. The molecule has 0 amide bonds. The summed E-state index contributed by atoms with van der Waals surface area (Å²) in [5.74, 6) is -0.0478. The van der Waals surface area contributed by atoms with Gasteiger partial charge in [-0.2, -0.15) is 0 Å². The number of rotatable bonds is 4. The lowest BCUT2D eigenvalue weighted by atomic mass is 9.72. The second-order valence-electron chi connectivity index (χ2n) is 5.47. The molecule has 1 unspecified atom stereocenters. The fraction of sp³-hybridized carbons (Fsp3) is 0.278. The first-order valence-electron chi connectivity index (χ1n) is 7.22. The average Bonchev–Trinajstić information content (AvgIpc) is 2.53. The Balaban J connectivity index is 1.93. The van der Waals surface area contributed by atoms with Crippen molar-refractivity contribution in [3.8, 4) is 5.75 Å². The predicted molar refractivity (Wildman–Crippen MR) is 80.6 cm³/mol. The third-order valence-corrected chi connectivity index (χ3v) is 4.28. The molecular formula is C18H18O3. The van der Waals surface area contributed by atoms with Crippen molar-refractivity contribution < 1.29 is 14.6 Å². The molecule has 1 aliphatic rings. The van der Waals surface area contributed by atoms with Crippen LogP contribution in [0.25, 0.3) is 0 Å². The molecule has 1 aliphatic heterocycles. The quantitative estimate of drug-likeness (QED) is 0.934. The average molecular weight is 282 g/mol. The van der Waals surface area contributed by atoms with Crippen LogP contribution >= 0.6 is 0 Å². The van der Waals surface area contributed by atoms with Crippen LogP contribution in [0.3, 0.4) is 0 Å². The Morgan fingerprint density at radius 2 is 1.81 bits per heavy atom. The van der Waals surface area contributed by atoms with E-state index in [4.69, 9.17) is 4.74 Å². The Morgan fingerprint density at radius 1 is 1.10 bits per heavy atom. The number of ether oxygens (including phenoxy) is 1. The van der Waals surface area contributed by atoms with Crippen molar-refractivity contribution in [2.24, 2.45) is 0 Å². The summed E-state index contributed by atoms with van der Waals surface area (Å²) in [6, 6.07) is 17.5. The number of aliphatic carboxylic acids is 1. The van der Waals surface area contributed by atoms with Gasteiger partial charge in [-0.25, -0.2) is 0 Å². The van der Waals surface area contributed by atoms with Crippen LogP contribution in [0, 0.1) is 0 Å². The maximum absolute atomic E-state index is 12.0. The minimum Gasteiger partial charge on any atom is -0.493 e. The van der Waals surface area contributed by atoms with Crippen LogP contribution in [0.1, 0.15) is 24.0 Å². The molecule has 0 saturated heterocycles. The molecule has 0 radical (unpaired) electrons. The predicted octanol–water partition coefficient (Wildman–Crippen LogP) is 3.42. The Bertz CT molecular complexity index is 636. The number of aryl methyl sites for hydroxylation is 1. The molecule has 0 bridgehead atoms. The van der Waals surface area contributed by atoms with Crippen LogP contribution in [0.15, 0.2) is 54.6 Å². The van der Waals surface area contributed by atoms with E-state index >= 15 is 0 Å². The highest BCUT2D eigenvalue weighted by molar-refractivity contribution is 5.83. The zero-order chi connectivity index (χ0) is 14.7. The van der Waals surface area contributed by atoms with Gasteiger partial charge in [0.25, 0.3) is 0 Å². The molecular weight excluding hydrogens is 264 g/mol. The number of fused-ring (bicyclic) bond motifs is 1. The Labute approximate surface area is 124 Å². The number of carboxylic acids is 1. The number of hydrogen-bond acceptors (Lipinski definition) is 2. The van der Waals surface area contributed by atoms with Crippen LogP contribution in [0.4, 0.5) is 0 Å². The van der Waals surface area contributed by atoms with Crippen molar-refractivity contribution in [3.63, 3.8) is 0 Å². The van der Waals surface area contributed by atoms with Crippen LogP contribution in [0.5, 0.6) is 5.75 Å². The van der Waals surface area contributed by atoms with Gasteiger partial charge in [0.15, 0.2) is 0 Å². The first-order valence-corrected chi connectivity index (χ1v) is 7.22. The maximum atomic E-state index is 12.0. The molecule has 0 spiro atoms. The molecule has 21 heavy (non-hydrogen) atoms. The van der Waals surface area contributed by atoms with E-state index in [1.807, 2.05) is 54.6 Å². The minimum atomic E-state index is -0.843. The van der Waals surface area contributed by atoms with Crippen LogP contribution < -0.4 is 4.74 Å². The molecule has 3 heteroatoms. The van der Waals surface area contributed by atoms with E-state index in [9.17, 15) is 9.90 Å². The Kier molecular flexibility index (Phi) is 3.65. The number of hydrogen-bond donors (Lipinski definition) is 1. The van der Waals surface area contributed by atoms with Crippen LogP contribution in [-0.2, 0) is 16.6 Å². The number of carboxylic acid groups (broad SMARTS) is 1. The summed E-state index contributed by atoms with van der Waals surface area (Å²) in [6.07, 6.45) is 1.86. The molecule has 108 valence electrons. The molecule has 0 fully saturated rings. The van der Waals surface area contributed by atoms with Crippen molar-refractivity contribution in [2.75, 3.05) is 6.61 Å². The smallest absolute Gasteiger partial charge is 0.314 e. The third-order valence-electron chi connectivity index (χ3n) is 4.28. The van der Waals surface area contributed by atoms with Gasteiger partial charge >= 0.3 is 5.97 Å². The molecule has 0 aromatic heterocycles. The highest BCUT2D eigenvalue weighted by Gasteiger charge is 2.44. The van der Waals surface area contributed by atoms with Gasteiger partial charge in [0, 0.05) is 12.0 Å². The molecule has 1 N–H and O–H groups in total. The normalized spacial score (nSPS) is 20.4. The molecule has 1 atom stereocenters. The van der Waals surface area contributed by atoms with Gasteiger partial charge in [0.05, 0.1) is 12.0 Å². The van der Waals surface area contributed by atoms with Crippen molar-refractivity contribution in [3.05, 3.63) is 65.7 Å². The molecule has 0 aliphatic carbocycles. The van der Waals surface area contributed by atoms with Gasteiger partial charge in [-0.1, -0.05) is 48.5 Å². The van der Waals surface area contributed by atoms with Crippen LogP contribution in [-0.4, -0.2) is 17.7 Å². The first kappa shape index (κ1) is 13.7. The SMILES string of the molecule is O=C(O)C1(CCc2ccccc2)CCOc2ccccc21. The molecule has 3 rings (SSSR count). The summed E-state index contributed by atoms with van der Waals surface area (Å²) in [6.45, 7) is 0.456. The fourth-order valence-electron chi connectivity index (χ4n) is 3.05. The lowest BCUT2D eigenvalue weighted by Gasteiger charge is -2.35. The van der Waals surface area contributed by atoms with E-state index in [1.165, 1.54) is 5.56 Å². The summed E-state index contributed by atoms with van der Waals surface area (Å²) in [5, 5.41) is 9.86. The Hall–Kier alpha value is -2.29. The van der Waals surface area contributed by atoms with E-state index in [2.05, 4.69) is 0 Å². The number of carbonyl (C=O) groups is 1. The zero-order valence-electron chi connectivity index (χ0n) is 11.8. The van der Waals surface area contributed by atoms with Gasteiger partial charge in [0.2, 0.25) is 0 Å². The largest absolute Gasteiger partial charge is 0.493 e. The van der Waals surface area contributed by atoms with Crippen molar-refractivity contribution in [1.82, 2.24) is 0 Å². The topological polar surface area (TPSA) is 46.5 Å². The zero-order valence-corrected chi connectivity index (χ0v) is 11.8. The molecule has 3 nitrogen and oxygen atoms in total. The van der Waals surface area contributed by atoms with Crippen LogP contribution in [0.2, 0.25) is 0 Å². The monoisotopic (exact) mass is 282 g/mol. The first-order chi connectivity index (χ1) is 10.2. The van der Waals surface area contributed by atoms with E-state index in [1.54, 1.807) is 0 Å². The highest BCUT2D eigenvalue weighted by Crippen LogP contribution is 2.42. The van der Waals surface area contributed by atoms with Gasteiger partial charge in [0.1, 0.15) is 5.75 Å². The van der Waals surface area contributed by atoms with E-state index in [0.717, 1.165) is 12.0 Å². The molecule has 0 saturated carbocycles. The highest BCUT2D eigenvalue weighted by atomic mass is 16.5. The van der Waals surface area contributed by atoms with Crippen molar-refractivity contribution in [1.29, 1.82) is 0 Å². The number of benzene rings is 2. The molecule has 1 heterocycles. The number of para-hydroxylation sites is 1. The minimum absolute atomic E-state index is 0.456. The van der Waals surface area contributed by atoms with E-state index in [-0.39, 0.29) is 0 Å². The fourth-order valence-corrected chi connectivity index (χ4v) is 3.05. The Morgan fingerprint density at radius 3 is 2.57 bits per heavy atom. The van der Waals surface area contributed by atoms with Crippen molar-refractivity contribution >= 4 is 5.97 Å². The van der Waals surface area contributed by atoms with Gasteiger partial charge in [-0.15, -0.1) is 0 Å². The summed E-state index contributed by atoms with van der Waals surface area (Å²) in [4.78, 5) is 12.0. The van der Waals surface area contributed by atoms with Gasteiger partial charge in [-0.3, -0.25) is 4.79 Å². The summed E-state index contributed by atoms with van der Waals surface area (Å²) < 4.78 is 5.62. The summed E-state index contributed by atoms with van der Waals surface area (Å²) in [5.41, 5.74) is 1.13. The van der Waals surface area contributed by atoms with E-state index in [0.29, 0.717) is 25.2 Å². The third kappa shape index (κ3) is 2.51. The second kappa shape index (κ2) is 5.60. The molecule has 2 aromatic rings. The van der Waals surface area contributed by atoms with Gasteiger partial charge in [-0.05, 0) is 24.5 Å². The summed E-state index contributed by atoms with van der Waals surface area (Å²) >= 11 is 0. The van der Waals surface area contributed by atoms with Gasteiger partial charge < -0.3 is 9.84 Å². The second-order valence-corrected chi connectivity index (χ2v) is 5.47. The van der Waals surface area contributed by atoms with E-state index < -0.39 is 11.4 Å². The molecule has 2 aromatic carbocycles. The van der Waals surface area contributed by atoms with Crippen molar-refractivity contribution in [2.45, 2.75) is 24.7 Å². The summed E-state index contributed by atoms with van der Waals surface area (Å²) in [7, 11) is 0.